The standard InChI is InChI=1S/C17H28O4/c1-13-9-10-14(18)7-5-3-4-6-8-15-17(2,21-15)11-12-20-16(13)19/h13,15H,3-12H2,1-2H3. The molecule has 4 heteroatoms. The van der Waals surface area contributed by atoms with Gasteiger partial charge in [0.1, 0.15) is 5.78 Å². The van der Waals surface area contributed by atoms with Gasteiger partial charge in [-0.05, 0) is 26.2 Å². The highest BCUT2D eigenvalue weighted by Gasteiger charge is 2.51. The molecule has 0 amide bonds. The van der Waals surface area contributed by atoms with Gasteiger partial charge >= 0.3 is 5.97 Å². The molecule has 2 rings (SSSR count). The predicted octanol–water partition coefficient (Wildman–Crippen LogP) is 3.42. The minimum absolute atomic E-state index is 0.0868. The fourth-order valence-corrected chi connectivity index (χ4v) is 3.00. The summed E-state index contributed by atoms with van der Waals surface area (Å²) in [4.78, 5) is 23.6. The minimum Gasteiger partial charge on any atom is -0.465 e. The number of rotatable bonds is 0. The number of Topliss-reactive ketones (excluding diaryl/α,β-unsaturated/α-hetero) is 1. The lowest BCUT2D eigenvalue weighted by Gasteiger charge is -2.13. The summed E-state index contributed by atoms with van der Waals surface area (Å²) >= 11 is 0. The Kier molecular flexibility index (Phi) is 5.80. The molecule has 2 fully saturated rings. The molecular formula is C17H28O4. The molecule has 0 N–H and O–H groups in total. The number of fused-ring (bicyclic) bond motifs is 1. The van der Waals surface area contributed by atoms with Gasteiger partial charge in [0, 0.05) is 19.3 Å². The van der Waals surface area contributed by atoms with Gasteiger partial charge in [-0.3, -0.25) is 9.59 Å². The maximum absolute atomic E-state index is 11.9. The summed E-state index contributed by atoms with van der Waals surface area (Å²) in [7, 11) is 0. The van der Waals surface area contributed by atoms with Crippen LogP contribution in [0.3, 0.4) is 0 Å². The lowest BCUT2D eigenvalue weighted by molar-refractivity contribution is -0.148. The van der Waals surface area contributed by atoms with Crippen LogP contribution in [0.1, 0.15) is 71.6 Å². The normalized spacial score (nSPS) is 36.7. The molecule has 0 aliphatic carbocycles. The summed E-state index contributed by atoms with van der Waals surface area (Å²) in [5.74, 6) is -0.0962. The molecule has 0 aromatic rings. The third-order valence-corrected chi connectivity index (χ3v) is 4.81. The van der Waals surface area contributed by atoms with Gasteiger partial charge in [0.25, 0.3) is 0 Å². The molecule has 2 aliphatic heterocycles. The average Bonchev–Trinajstić information content (AvgIpc) is 3.09. The van der Waals surface area contributed by atoms with Crippen LogP contribution in [0.5, 0.6) is 0 Å². The fourth-order valence-electron chi connectivity index (χ4n) is 3.00. The molecule has 2 aliphatic rings. The Bertz CT molecular complexity index is 379. The van der Waals surface area contributed by atoms with Crippen LogP contribution < -0.4 is 0 Å². The van der Waals surface area contributed by atoms with Gasteiger partial charge in [0.15, 0.2) is 0 Å². The Morgan fingerprint density at radius 3 is 2.62 bits per heavy atom. The average molecular weight is 296 g/mol. The van der Waals surface area contributed by atoms with Crippen molar-refractivity contribution in [1.29, 1.82) is 0 Å². The fraction of sp³-hybridized carbons (Fsp3) is 0.882. The van der Waals surface area contributed by atoms with Crippen LogP contribution in [0, 0.1) is 5.92 Å². The number of carbonyl (C=O) groups is 2. The van der Waals surface area contributed by atoms with Crippen molar-refractivity contribution >= 4 is 11.8 Å². The zero-order valence-corrected chi connectivity index (χ0v) is 13.4. The van der Waals surface area contributed by atoms with Crippen LogP contribution in [-0.4, -0.2) is 30.1 Å². The van der Waals surface area contributed by atoms with E-state index in [9.17, 15) is 9.59 Å². The molecule has 0 spiro atoms. The monoisotopic (exact) mass is 296 g/mol. The van der Waals surface area contributed by atoms with Crippen molar-refractivity contribution in [1.82, 2.24) is 0 Å². The maximum Gasteiger partial charge on any atom is 0.308 e. The van der Waals surface area contributed by atoms with E-state index in [2.05, 4.69) is 6.92 Å². The first-order valence-corrected chi connectivity index (χ1v) is 8.37. The number of cyclic esters (lactones) is 1. The van der Waals surface area contributed by atoms with E-state index in [1.54, 1.807) is 0 Å². The molecule has 0 bridgehead atoms. The lowest BCUT2D eigenvalue weighted by atomic mass is 9.97. The molecular weight excluding hydrogens is 268 g/mol. The first-order chi connectivity index (χ1) is 10.0. The van der Waals surface area contributed by atoms with E-state index in [-0.39, 0.29) is 23.3 Å². The largest absolute Gasteiger partial charge is 0.465 e. The second kappa shape index (κ2) is 7.39. The maximum atomic E-state index is 11.9. The van der Waals surface area contributed by atoms with Crippen molar-refractivity contribution in [3.8, 4) is 0 Å². The molecule has 3 unspecified atom stereocenters. The van der Waals surface area contributed by atoms with E-state index in [4.69, 9.17) is 9.47 Å². The van der Waals surface area contributed by atoms with Gasteiger partial charge in [-0.25, -0.2) is 0 Å². The predicted molar refractivity (Wildman–Crippen MR) is 80.0 cm³/mol. The molecule has 2 heterocycles. The van der Waals surface area contributed by atoms with E-state index in [1.807, 2.05) is 6.92 Å². The highest BCUT2D eigenvalue weighted by atomic mass is 16.6. The van der Waals surface area contributed by atoms with Crippen molar-refractivity contribution in [3.05, 3.63) is 0 Å². The Morgan fingerprint density at radius 1 is 1.05 bits per heavy atom. The quantitative estimate of drug-likeness (QED) is 0.508. The van der Waals surface area contributed by atoms with Crippen LogP contribution in [0.25, 0.3) is 0 Å². The second-order valence-electron chi connectivity index (χ2n) is 6.77. The van der Waals surface area contributed by atoms with Gasteiger partial charge in [-0.1, -0.05) is 26.2 Å². The minimum atomic E-state index is -0.189. The summed E-state index contributed by atoms with van der Waals surface area (Å²) in [5, 5.41) is 0. The van der Waals surface area contributed by atoms with E-state index in [1.165, 1.54) is 6.42 Å². The Labute approximate surface area is 127 Å². The van der Waals surface area contributed by atoms with E-state index >= 15 is 0 Å². The number of esters is 1. The highest BCUT2D eigenvalue weighted by Crippen LogP contribution is 2.42. The zero-order chi connectivity index (χ0) is 15.3. The number of ketones is 1. The first kappa shape index (κ1) is 16.5. The molecule has 21 heavy (non-hydrogen) atoms. The summed E-state index contributed by atoms with van der Waals surface area (Å²) in [6.07, 6.45) is 8.35. The van der Waals surface area contributed by atoms with Gasteiger partial charge in [0.2, 0.25) is 0 Å². The number of hydrogen-bond donors (Lipinski definition) is 0. The van der Waals surface area contributed by atoms with Crippen LogP contribution in [0.2, 0.25) is 0 Å². The van der Waals surface area contributed by atoms with Crippen LogP contribution in [0.15, 0.2) is 0 Å². The zero-order valence-electron chi connectivity index (χ0n) is 13.4. The van der Waals surface area contributed by atoms with E-state index in [0.29, 0.717) is 32.0 Å². The lowest BCUT2D eigenvalue weighted by Crippen LogP contribution is -2.20. The van der Waals surface area contributed by atoms with Crippen molar-refractivity contribution in [2.75, 3.05) is 6.61 Å². The third-order valence-electron chi connectivity index (χ3n) is 4.81. The summed E-state index contributed by atoms with van der Waals surface area (Å²) < 4.78 is 11.1. The van der Waals surface area contributed by atoms with Crippen molar-refractivity contribution in [2.24, 2.45) is 5.92 Å². The first-order valence-electron chi connectivity index (χ1n) is 8.37. The smallest absolute Gasteiger partial charge is 0.308 e. The number of carbonyl (C=O) groups excluding carboxylic acids is 2. The van der Waals surface area contributed by atoms with Crippen LogP contribution in [0.4, 0.5) is 0 Å². The molecule has 120 valence electrons. The molecule has 3 atom stereocenters. The molecule has 0 radical (unpaired) electrons. The molecule has 2 saturated heterocycles. The van der Waals surface area contributed by atoms with Crippen molar-refractivity contribution < 1.29 is 19.1 Å². The van der Waals surface area contributed by atoms with Crippen molar-refractivity contribution in [3.63, 3.8) is 0 Å². The SMILES string of the molecule is CC1CCC(=O)CCCCCCC2OC2(C)CCOC1=O. The molecule has 0 aromatic carbocycles. The van der Waals surface area contributed by atoms with Crippen molar-refractivity contribution in [2.45, 2.75) is 83.3 Å². The third kappa shape index (κ3) is 5.10. The summed E-state index contributed by atoms with van der Waals surface area (Å²) in [6, 6.07) is 0. The van der Waals surface area contributed by atoms with Gasteiger partial charge in [0.05, 0.1) is 24.2 Å². The summed E-state index contributed by atoms with van der Waals surface area (Å²) in [6.45, 7) is 4.37. The Hall–Kier alpha value is -0.900. The van der Waals surface area contributed by atoms with Gasteiger partial charge in [-0.15, -0.1) is 0 Å². The summed E-state index contributed by atoms with van der Waals surface area (Å²) in [5.41, 5.74) is -0.0868. The molecule has 0 saturated carbocycles. The van der Waals surface area contributed by atoms with Crippen LogP contribution >= 0.6 is 0 Å². The topological polar surface area (TPSA) is 55.9 Å². The van der Waals surface area contributed by atoms with Crippen LogP contribution in [-0.2, 0) is 19.1 Å². The Morgan fingerprint density at radius 2 is 1.81 bits per heavy atom. The van der Waals surface area contributed by atoms with Gasteiger partial charge < -0.3 is 9.47 Å². The Balaban J connectivity index is 1.83. The van der Waals surface area contributed by atoms with E-state index < -0.39 is 0 Å². The highest BCUT2D eigenvalue weighted by molar-refractivity contribution is 5.79. The number of hydrogen-bond acceptors (Lipinski definition) is 4. The van der Waals surface area contributed by atoms with E-state index in [0.717, 1.165) is 32.1 Å². The number of ether oxygens (including phenoxy) is 2. The molecule has 0 aromatic heterocycles. The van der Waals surface area contributed by atoms with Gasteiger partial charge in [-0.2, -0.15) is 0 Å². The molecule has 4 nitrogen and oxygen atoms in total. The second-order valence-corrected chi connectivity index (χ2v) is 6.77. The number of epoxide rings is 1.